The number of fused-ring (bicyclic) bond motifs is 1. The topological polar surface area (TPSA) is 70.6 Å². The fourth-order valence-corrected chi connectivity index (χ4v) is 2.79. The van der Waals surface area contributed by atoms with E-state index in [-0.39, 0.29) is 11.9 Å². The zero-order valence-electron chi connectivity index (χ0n) is 15.3. The molecular weight excluding hydrogens is 304 g/mol. The Hall–Kier alpha value is -1.43. The average Bonchev–Trinajstić information content (AvgIpc) is 2.74. The highest BCUT2D eigenvalue weighted by Gasteiger charge is 2.38. The average molecular weight is 334 g/mol. The lowest BCUT2D eigenvalue weighted by atomic mass is 9.85. The molecule has 1 aromatic rings. The van der Waals surface area contributed by atoms with Crippen LogP contribution in [0.4, 0.5) is 5.69 Å². The Bertz CT molecular complexity index is 584. The van der Waals surface area contributed by atoms with E-state index in [2.05, 4.69) is 37.5 Å². The second kappa shape index (κ2) is 7.64. The van der Waals surface area contributed by atoms with E-state index in [1.54, 1.807) is 0 Å². The molecule has 0 bridgehead atoms. The standard InChI is InChI=1S/C19H30N2O3/c1-12(2)10-24-11-15(22)9-20-13(3)14-6-7-17-16(8-14)19(4,5)18(23)21-17/h6-8,12-13,15,20,22H,9-11H2,1-5H3,(H,21,23). The number of aliphatic hydroxyl groups is 1. The van der Waals surface area contributed by atoms with E-state index in [9.17, 15) is 9.90 Å². The number of carbonyl (C=O) groups excluding carboxylic acids is 1. The smallest absolute Gasteiger partial charge is 0.234 e. The van der Waals surface area contributed by atoms with E-state index in [1.165, 1.54) is 0 Å². The number of hydrogen-bond acceptors (Lipinski definition) is 4. The third-order valence-electron chi connectivity index (χ3n) is 4.45. The van der Waals surface area contributed by atoms with Gasteiger partial charge < -0.3 is 20.5 Å². The van der Waals surface area contributed by atoms with E-state index in [0.29, 0.717) is 25.7 Å². The maximum Gasteiger partial charge on any atom is 0.234 e. The summed E-state index contributed by atoms with van der Waals surface area (Å²) in [5.41, 5.74) is 2.52. The maximum atomic E-state index is 12.0. The monoisotopic (exact) mass is 334 g/mol. The molecule has 0 saturated carbocycles. The van der Waals surface area contributed by atoms with Crippen LogP contribution < -0.4 is 10.6 Å². The fourth-order valence-electron chi connectivity index (χ4n) is 2.79. The van der Waals surface area contributed by atoms with Gasteiger partial charge in [-0.3, -0.25) is 4.79 Å². The molecule has 2 unspecified atom stereocenters. The molecule has 3 N–H and O–H groups in total. The van der Waals surface area contributed by atoms with Crippen LogP contribution >= 0.6 is 0 Å². The van der Waals surface area contributed by atoms with Crippen molar-refractivity contribution in [1.82, 2.24) is 5.32 Å². The summed E-state index contributed by atoms with van der Waals surface area (Å²) in [6.07, 6.45) is -0.527. The molecule has 1 aliphatic rings. The summed E-state index contributed by atoms with van der Waals surface area (Å²) in [4.78, 5) is 12.0. The molecule has 0 aromatic heterocycles. The van der Waals surface area contributed by atoms with Crippen molar-refractivity contribution in [3.05, 3.63) is 29.3 Å². The molecule has 2 rings (SSSR count). The molecule has 1 heterocycles. The molecule has 0 radical (unpaired) electrons. The first-order chi connectivity index (χ1) is 11.2. The molecule has 2 atom stereocenters. The molecule has 0 saturated heterocycles. The van der Waals surface area contributed by atoms with Crippen molar-refractivity contribution in [3.63, 3.8) is 0 Å². The van der Waals surface area contributed by atoms with Crippen molar-refractivity contribution in [2.75, 3.05) is 25.1 Å². The summed E-state index contributed by atoms with van der Waals surface area (Å²) in [7, 11) is 0. The van der Waals surface area contributed by atoms with E-state index in [4.69, 9.17) is 4.74 Å². The van der Waals surface area contributed by atoms with Crippen LogP contribution in [0.5, 0.6) is 0 Å². The molecule has 0 fully saturated rings. The van der Waals surface area contributed by atoms with Crippen LogP contribution in [0.1, 0.15) is 51.8 Å². The number of benzene rings is 1. The van der Waals surface area contributed by atoms with E-state index >= 15 is 0 Å². The fraction of sp³-hybridized carbons (Fsp3) is 0.632. The van der Waals surface area contributed by atoms with Crippen LogP contribution in [0.2, 0.25) is 0 Å². The predicted octanol–water partition coefficient (Wildman–Crippen LogP) is 2.60. The van der Waals surface area contributed by atoms with Gasteiger partial charge in [-0.2, -0.15) is 0 Å². The summed E-state index contributed by atoms with van der Waals surface area (Å²) in [6, 6.07) is 6.13. The maximum absolute atomic E-state index is 12.0. The Morgan fingerprint density at radius 1 is 1.25 bits per heavy atom. The van der Waals surface area contributed by atoms with Gasteiger partial charge >= 0.3 is 0 Å². The number of aliphatic hydroxyl groups excluding tert-OH is 1. The Balaban J connectivity index is 1.91. The summed E-state index contributed by atoms with van der Waals surface area (Å²) in [6.45, 7) is 11.6. The molecule has 5 heteroatoms. The summed E-state index contributed by atoms with van der Waals surface area (Å²) < 4.78 is 5.46. The van der Waals surface area contributed by atoms with Crippen molar-refractivity contribution in [2.45, 2.75) is 52.2 Å². The first kappa shape index (κ1) is 18.9. The summed E-state index contributed by atoms with van der Waals surface area (Å²) in [5.74, 6) is 0.503. The lowest BCUT2D eigenvalue weighted by Gasteiger charge is -2.20. The second-order valence-electron chi connectivity index (χ2n) is 7.60. The molecule has 0 spiro atoms. The largest absolute Gasteiger partial charge is 0.389 e. The van der Waals surface area contributed by atoms with Crippen LogP contribution in [0, 0.1) is 5.92 Å². The predicted molar refractivity (Wildman–Crippen MR) is 96.2 cm³/mol. The van der Waals surface area contributed by atoms with Crippen molar-refractivity contribution in [2.24, 2.45) is 5.92 Å². The van der Waals surface area contributed by atoms with E-state index in [1.807, 2.05) is 26.0 Å². The molecule has 5 nitrogen and oxygen atoms in total. The molecular formula is C19H30N2O3. The van der Waals surface area contributed by atoms with Crippen LogP contribution in [-0.2, 0) is 14.9 Å². The highest BCUT2D eigenvalue weighted by molar-refractivity contribution is 6.05. The minimum absolute atomic E-state index is 0.0352. The molecule has 134 valence electrons. The normalized spacial score (nSPS) is 18.4. The summed E-state index contributed by atoms with van der Waals surface area (Å²) >= 11 is 0. The van der Waals surface area contributed by atoms with Gasteiger partial charge in [-0.05, 0) is 43.9 Å². The number of anilines is 1. The van der Waals surface area contributed by atoms with Gasteiger partial charge in [-0.25, -0.2) is 0 Å². The van der Waals surface area contributed by atoms with E-state index < -0.39 is 11.5 Å². The first-order valence-electron chi connectivity index (χ1n) is 8.67. The van der Waals surface area contributed by atoms with Gasteiger partial charge in [0.15, 0.2) is 0 Å². The third-order valence-corrected chi connectivity index (χ3v) is 4.45. The van der Waals surface area contributed by atoms with Crippen molar-refractivity contribution in [3.8, 4) is 0 Å². The van der Waals surface area contributed by atoms with Gasteiger partial charge in [-0.15, -0.1) is 0 Å². The van der Waals surface area contributed by atoms with Crippen molar-refractivity contribution < 1.29 is 14.6 Å². The quantitative estimate of drug-likeness (QED) is 0.683. The Labute approximate surface area is 144 Å². The molecule has 0 aliphatic carbocycles. The first-order valence-corrected chi connectivity index (χ1v) is 8.67. The Kier molecular flexibility index (Phi) is 6.01. The lowest BCUT2D eigenvalue weighted by Crippen LogP contribution is -2.32. The van der Waals surface area contributed by atoms with Gasteiger partial charge in [-0.1, -0.05) is 26.0 Å². The van der Waals surface area contributed by atoms with Gasteiger partial charge in [0.25, 0.3) is 0 Å². The zero-order valence-corrected chi connectivity index (χ0v) is 15.3. The molecule has 1 aromatic carbocycles. The highest BCUT2D eigenvalue weighted by atomic mass is 16.5. The van der Waals surface area contributed by atoms with E-state index in [0.717, 1.165) is 16.8 Å². The van der Waals surface area contributed by atoms with Gasteiger partial charge in [0.1, 0.15) is 0 Å². The Morgan fingerprint density at radius 2 is 1.96 bits per heavy atom. The molecule has 1 aliphatic heterocycles. The zero-order chi connectivity index (χ0) is 17.9. The Morgan fingerprint density at radius 3 is 2.62 bits per heavy atom. The SMILES string of the molecule is CC(C)COCC(O)CNC(C)c1ccc2c(c1)C(C)(C)C(=O)N2. The molecule has 1 amide bonds. The van der Waals surface area contributed by atoms with Gasteiger partial charge in [0, 0.05) is 24.9 Å². The van der Waals surface area contributed by atoms with Crippen molar-refractivity contribution >= 4 is 11.6 Å². The number of hydrogen-bond donors (Lipinski definition) is 3. The van der Waals surface area contributed by atoms with Crippen molar-refractivity contribution in [1.29, 1.82) is 0 Å². The van der Waals surface area contributed by atoms with Crippen LogP contribution in [0.3, 0.4) is 0 Å². The number of rotatable bonds is 8. The summed E-state index contributed by atoms with van der Waals surface area (Å²) in [5, 5.41) is 16.2. The van der Waals surface area contributed by atoms with Crippen LogP contribution in [0.25, 0.3) is 0 Å². The number of amides is 1. The van der Waals surface area contributed by atoms with Crippen LogP contribution in [0.15, 0.2) is 18.2 Å². The van der Waals surface area contributed by atoms with Crippen LogP contribution in [-0.4, -0.2) is 36.9 Å². The third kappa shape index (κ3) is 4.35. The highest BCUT2D eigenvalue weighted by Crippen LogP contribution is 2.38. The minimum Gasteiger partial charge on any atom is -0.389 e. The minimum atomic E-state index is -0.527. The second-order valence-corrected chi connectivity index (χ2v) is 7.60. The number of nitrogens with one attached hydrogen (secondary N) is 2. The molecule has 24 heavy (non-hydrogen) atoms. The van der Waals surface area contributed by atoms with Gasteiger partial charge in [0.05, 0.1) is 18.1 Å². The lowest BCUT2D eigenvalue weighted by molar-refractivity contribution is -0.119. The van der Waals surface area contributed by atoms with Gasteiger partial charge in [0.2, 0.25) is 5.91 Å². The number of ether oxygens (including phenoxy) is 1. The number of carbonyl (C=O) groups is 1.